The maximum absolute atomic E-state index is 12.6. The predicted octanol–water partition coefficient (Wildman–Crippen LogP) is 5.40. The van der Waals surface area contributed by atoms with Gasteiger partial charge in [-0.2, -0.15) is 13.2 Å². The molecule has 0 aliphatic rings. The first-order valence-electron chi connectivity index (χ1n) is 8.91. The zero-order chi connectivity index (χ0) is 20.9. The fourth-order valence-electron chi connectivity index (χ4n) is 2.57. The molecule has 2 aromatic rings. The Hall–Kier alpha value is -2.83. The Kier molecular flexibility index (Phi) is 6.83. The van der Waals surface area contributed by atoms with Crippen molar-refractivity contribution < 1.29 is 27.5 Å². The smallest absolute Gasteiger partial charge is 0.416 e. The molecule has 0 heterocycles. The van der Waals surface area contributed by atoms with Crippen LogP contribution in [-0.4, -0.2) is 18.0 Å². The predicted molar refractivity (Wildman–Crippen MR) is 100 cm³/mol. The number of ether oxygens (including phenoxy) is 1. The molecule has 0 fully saturated rings. The highest BCUT2D eigenvalue weighted by Crippen LogP contribution is 2.29. The van der Waals surface area contributed by atoms with Gasteiger partial charge in [0, 0.05) is 5.69 Å². The van der Waals surface area contributed by atoms with Gasteiger partial charge in [-0.3, -0.25) is 4.79 Å². The van der Waals surface area contributed by atoms with Crippen molar-refractivity contribution >= 4 is 17.6 Å². The summed E-state index contributed by atoms with van der Waals surface area (Å²) in [6, 6.07) is 11.0. The summed E-state index contributed by atoms with van der Waals surface area (Å²) >= 11 is 0. The van der Waals surface area contributed by atoms with Crippen molar-refractivity contribution in [2.75, 3.05) is 5.32 Å². The van der Waals surface area contributed by atoms with E-state index in [1.165, 1.54) is 6.92 Å². The number of esters is 1. The monoisotopic (exact) mass is 393 g/mol. The molecule has 1 N–H and O–H groups in total. The minimum absolute atomic E-state index is 0.0624. The Balaban J connectivity index is 2.04. The number of rotatable bonds is 6. The van der Waals surface area contributed by atoms with Crippen LogP contribution in [0.1, 0.15) is 54.6 Å². The summed E-state index contributed by atoms with van der Waals surface area (Å²) in [7, 11) is 0. The molecule has 0 aliphatic carbocycles. The van der Waals surface area contributed by atoms with E-state index in [4.69, 9.17) is 4.74 Å². The van der Waals surface area contributed by atoms with Gasteiger partial charge in [0.25, 0.3) is 5.91 Å². The van der Waals surface area contributed by atoms with Crippen molar-refractivity contribution in [2.45, 2.75) is 45.4 Å². The van der Waals surface area contributed by atoms with Gasteiger partial charge in [0.1, 0.15) is 0 Å². The van der Waals surface area contributed by atoms with Gasteiger partial charge in [-0.25, -0.2) is 4.79 Å². The van der Waals surface area contributed by atoms with Crippen molar-refractivity contribution in [3.63, 3.8) is 0 Å². The Morgan fingerprint density at radius 3 is 2.21 bits per heavy atom. The third-order valence-electron chi connectivity index (χ3n) is 4.46. The average Bonchev–Trinajstić information content (AvgIpc) is 2.67. The van der Waals surface area contributed by atoms with E-state index in [-0.39, 0.29) is 11.5 Å². The third kappa shape index (κ3) is 5.34. The van der Waals surface area contributed by atoms with Crippen molar-refractivity contribution in [1.82, 2.24) is 0 Å². The topological polar surface area (TPSA) is 55.4 Å². The number of hydrogen-bond acceptors (Lipinski definition) is 3. The highest BCUT2D eigenvalue weighted by molar-refractivity contribution is 5.97. The first-order chi connectivity index (χ1) is 13.1. The van der Waals surface area contributed by atoms with Crippen molar-refractivity contribution in [2.24, 2.45) is 0 Å². The second-order valence-electron chi connectivity index (χ2n) is 6.51. The van der Waals surface area contributed by atoms with Gasteiger partial charge in [0.05, 0.1) is 11.1 Å². The Bertz CT molecular complexity index is 832. The lowest BCUT2D eigenvalue weighted by Crippen LogP contribution is -2.30. The number of benzene rings is 2. The molecule has 0 unspecified atom stereocenters. The molecule has 0 radical (unpaired) electrons. The van der Waals surface area contributed by atoms with Crippen molar-refractivity contribution in [3.05, 3.63) is 65.2 Å². The zero-order valence-corrected chi connectivity index (χ0v) is 15.8. The number of carbonyl (C=O) groups excluding carboxylic acids is 2. The van der Waals surface area contributed by atoms with E-state index in [2.05, 4.69) is 5.32 Å². The fourth-order valence-corrected chi connectivity index (χ4v) is 2.57. The summed E-state index contributed by atoms with van der Waals surface area (Å²) in [5, 5.41) is 2.75. The average molecular weight is 393 g/mol. The number of halogens is 3. The summed E-state index contributed by atoms with van der Waals surface area (Å²) in [5.41, 5.74) is 0.683. The van der Waals surface area contributed by atoms with Crippen LogP contribution < -0.4 is 5.32 Å². The minimum atomic E-state index is -4.49. The van der Waals surface area contributed by atoms with E-state index < -0.39 is 29.7 Å². The summed E-state index contributed by atoms with van der Waals surface area (Å²) in [6.45, 7) is 5.49. The van der Waals surface area contributed by atoms with E-state index in [0.717, 1.165) is 36.2 Å². The molecule has 0 aromatic heterocycles. The second-order valence-corrected chi connectivity index (χ2v) is 6.51. The SMILES string of the molecule is CC[C@H](C)c1ccccc1NC(=O)[C@@H](C)OC(=O)c1ccc(C(F)(F)F)cc1. The Morgan fingerprint density at radius 1 is 1.04 bits per heavy atom. The van der Waals surface area contributed by atoms with Gasteiger partial charge >= 0.3 is 12.1 Å². The first kappa shape index (κ1) is 21.5. The molecular formula is C21H22F3NO3. The lowest BCUT2D eigenvalue weighted by molar-refractivity contribution is -0.137. The number of hydrogen-bond donors (Lipinski definition) is 1. The quantitative estimate of drug-likeness (QED) is 0.669. The molecule has 2 aromatic carbocycles. The number of nitrogens with one attached hydrogen (secondary N) is 1. The number of anilines is 1. The van der Waals surface area contributed by atoms with Crippen LogP contribution in [0.25, 0.3) is 0 Å². The van der Waals surface area contributed by atoms with Crippen LogP contribution >= 0.6 is 0 Å². The third-order valence-corrected chi connectivity index (χ3v) is 4.46. The normalized spacial score (nSPS) is 13.5. The molecule has 0 aliphatic heterocycles. The van der Waals surface area contributed by atoms with Crippen LogP contribution in [-0.2, 0) is 15.7 Å². The summed E-state index contributed by atoms with van der Waals surface area (Å²) < 4.78 is 42.9. The van der Waals surface area contributed by atoms with Gasteiger partial charge in [-0.15, -0.1) is 0 Å². The molecule has 0 bridgehead atoms. The van der Waals surface area contributed by atoms with Crippen molar-refractivity contribution in [3.8, 4) is 0 Å². The van der Waals surface area contributed by atoms with E-state index in [1.54, 1.807) is 12.1 Å². The molecule has 150 valence electrons. The van der Waals surface area contributed by atoms with E-state index in [1.807, 2.05) is 26.0 Å². The highest BCUT2D eigenvalue weighted by Gasteiger charge is 2.30. The van der Waals surface area contributed by atoms with Crippen LogP contribution in [0, 0.1) is 0 Å². The lowest BCUT2D eigenvalue weighted by Gasteiger charge is -2.18. The molecule has 7 heteroatoms. The number of amides is 1. The fraction of sp³-hybridized carbons (Fsp3) is 0.333. The van der Waals surface area contributed by atoms with Gasteiger partial charge in [0.2, 0.25) is 0 Å². The minimum Gasteiger partial charge on any atom is -0.449 e. The molecule has 4 nitrogen and oxygen atoms in total. The standard InChI is InChI=1S/C21H22F3NO3/c1-4-13(2)17-7-5-6-8-18(17)25-19(26)14(3)28-20(27)15-9-11-16(12-10-15)21(22,23)24/h5-14H,4H2,1-3H3,(H,25,26)/t13-,14+/m0/s1. The highest BCUT2D eigenvalue weighted by atomic mass is 19.4. The van der Waals surface area contributed by atoms with Crippen LogP contribution in [0.3, 0.4) is 0 Å². The summed E-state index contributed by atoms with van der Waals surface area (Å²) in [4.78, 5) is 24.5. The molecule has 2 rings (SSSR count). The van der Waals surface area contributed by atoms with Crippen molar-refractivity contribution in [1.29, 1.82) is 0 Å². The molecule has 0 spiro atoms. The van der Waals surface area contributed by atoms with E-state index in [9.17, 15) is 22.8 Å². The maximum atomic E-state index is 12.6. The first-order valence-corrected chi connectivity index (χ1v) is 8.91. The molecule has 0 saturated heterocycles. The molecule has 2 atom stereocenters. The summed E-state index contributed by atoms with van der Waals surface area (Å²) in [6.07, 6.45) is -4.70. The molecular weight excluding hydrogens is 371 g/mol. The van der Waals surface area contributed by atoms with Gasteiger partial charge in [-0.05, 0) is 55.2 Å². The molecule has 0 saturated carbocycles. The van der Waals surface area contributed by atoms with Gasteiger partial charge < -0.3 is 10.1 Å². The summed E-state index contributed by atoms with van der Waals surface area (Å²) in [5.74, 6) is -1.15. The largest absolute Gasteiger partial charge is 0.449 e. The van der Waals surface area contributed by atoms with Gasteiger partial charge in [-0.1, -0.05) is 32.0 Å². The Labute approximate surface area is 161 Å². The van der Waals surface area contributed by atoms with Gasteiger partial charge in [0.15, 0.2) is 6.10 Å². The zero-order valence-electron chi connectivity index (χ0n) is 15.8. The number of carbonyl (C=O) groups is 2. The van der Waals surface area contributed by atoms with Crippen LogP contribution in [0.4, 0.5) is 18.9 Å². The second kappa shape index (κ2) is 8.91. The van der Waals surface area contributed by atoms with E-state index in [0.29, 0.717) is 5.69 Å². The van der Waals surface area contributed by atoms with Crippen LogP contribution in [0.5, 0.6) is 0 Å². The number of para-hydroxylation sites is 1. The number of alkyl halides is 3. The Morgan fingerprint density at radius 2 is 1.64 bits per heavy atom. The van der Waals surface area contributed by atoms with Crippen LogP contribution in [0.2, 0.25) is 0 Å². The van der Waals surface area contributed by atoms with E-state index >= 15 is 0 Å². The van der Waals surface area contributed by atoms with Crippen LogP contribution in [0.15, 0.2) is 48.5 Å². The lowest BCUT2D eigenvalue weighted by atomic mass is 9.97. The maximum Gasteiger partial charge on any atom is 0.416 e. The molecule has 28 heavy (non-hydrogen) atoms. The molecule has 1 amide bonds.